The van der Waals surface area contributed by atoms with Crippen LogP contribution in [0.4, 0.5) is 8.78 Å². The Kier molecular flexibility index (Phi) is 6.68. The molecule has 0 N–H and O–H groups in total. The van der Waals surface area contributed by atoms with Crippen LogP contribution in [-0.4, -0.2) is 0 Å². The van der Waals surface area contributed by atoms with Gasteiger partial charge in [-0.1, -0.05) is 57.2 Å². The van der Waals surface area contributed by atoms with Crippen LogP contribution in [0.1, 0.15) is 75.3 Å². The Morgan fingerprint density at radius 1 is 0.852 bits per heavy atom. The van der Waals surface area contributed by atoms with Crippen LogP contribution >= 0.6 is 0 Å². The Morgan fingerprint density at radius 2 is 1.37 bits per heavy atom. The SMILES string of the molecule is C=C(F)/C(F)=C\C(=C)c1ccc(C2CCC(C3CCC(C)CC3)CC2)cc1. The van der Waals surface area contributed by atoms with Gasteiger partial charge in [-0.2, -0.15) is 0 Å². The summed E-state index contributed by atoms with van der Waals surface area (Å²) in [4.78, 5) is 0. The van der Waals surface area contributed by atoms with Crippen molar-refractivity contribution in [1.29, 1.82) is 0 Å². The van der Waals surface area contributed by atoms with E-state index in [1.54, 1.807) is 0 Å². The summed E-state index contributed by atoms with van der Waals surface area (Å²) >= 11 is 0. The maximum absolute atomic E-state index is 13.4. The van der Waals surface area contributed by atoms with Crippen molar-refractivity contribution in [2.75, 3.05) is 0 Å². The van der Waals surface area contributed by atoms with Crippen molar-refractivity contribution >= 4 is 5.57 Å². The standard InChI is InChI=1S/C25H32F2/c1-17-4-6-21(7-5-17)23-12-14-24(15-13-23)22-10-8-20(9-11-22)18(2)16-25(27)19(3)26/h8-11,16-17,21,23-24H,2-7,12-15H2,1H3/b25-16+. The molecule has 2 aliphatic carbocycles. The lowest BCUT2D eigenvalue weighted by Crippen LogP contribution is -2.24. The van der Waals surface area contributed by atoms with Gasteiger partial charge in [0.2, 0.25) is 0 Å². The van der Waals surface area contributed by atoms with Crippen LogP contribution in [0, 0.1) is 17.8 Å². The highest BCUT2D eigenvalue weighted by molar-refractivity contribution is 5.73. The molecule has 0 heterocycles. The Hall–Kier alpha value is -1.70. The zero-order valence-corrected chi connectivity index (χ0v) is 16.5. The van der Waals surface area contributed by atoms with Crippen molar-refractivity contribution < 1.29 is 8.78 Å². The van der Waals surface area contributed by atoms with Crippen LogP contribution in [0.2, 0.25) is 0 Å². The second-order valence-electron chi connectivity index (χ2n) is 8.68. The summed E-state index contributed by atoms with van der Waals surface area (Å²) in [6.07, 6.45) is 12.1. The highest BCUT2D eigenvalue weighted by Crippen LogP contribution is 2.43. The van der Waals surface area contributed by atoms with E-state index in [1.807, 2.05) is 12.1 Å². The molecule has 0 unspecified atom stereocenters. The summed E-state index contributed by atoms with van der Waals surface area (Å²) in [7, 11) is 0. The molecule has 3 rings (SSSR count). The summed E-state index contributed by atoms with van der Waals surface area (Å²) in [5.41, 5.74) is 2.65. The molecule has 1 aromatic carbocycles. The van der Waals surface area contributed by atoms with E-state index in [1.165, 1.54) is 56.9 Å². The van der Waals surface area contributed by atoms with Gasteiger partial charge in [-0.15, -0.1) is 0 Å². The van der Waals surface area contributed by atoms with Gasteiger partial charge in [0.05, 0.1) is 0 Å². The molecule has 0 amide bonds. The first kappa shape index (κ1) is 20.0. The number of rotatable bonds is 5. The molecule has 0 nitrogen and oxygen atoms in total. The quantitative estimate of drug-likeness (QED) is 0.459. The van der Waals surface area contributed by atoms with Gasteiger partial charge in [0.1, 0.15) is 0 Å². The predicted molar refractivity (Wildman–Crippen MR) is 111 cm³/mol. The molecule has 0 saturated heterocycles. The second-order valence-corrected chi connectivity index (χ2v) is 8.68. The number of allylic oxidation sites excluding steroid dienone is 4. The topological polar surface area (TPSA) is 0 Å². The minimum absolute atomic E-state index is 0.466. The highest BCUT2D eigenvalue weighted by Gasteiger charge is 2.30. The van der Waals surface area contributed by atoms with E-state index in [4.69, 9.17) is 0 Å². The molecule has 146 valence electrons. The van der Waals surface area contributed by atoms with Crippen molar-refractivity contribution in [1.82, 2.24) is 0 Å². The van der Waals surface area contributed by atoms with E-state index in [2.05, 4.69) is 32.2 Å². The summed E-state index contributed by atoms with van der Waals surface area (Å²) in [5, 5.41) is 0. The van der Waals surface area contributed by atoms with Crippen LogP contribution in [0.5, 0.6) is 0 Å². The van der Waals surface area contributed by atoms with Crippen LogP contribution in [-0.2, 0) is 0 Å². The smallest absolute Gasteiger partial charge is 0.158 e. The molecule has 0 radical (unpaired) electrons. The summed E-state index contributed by atoms with van der Waals surface area (Å²) < 4.78 is 26.2. The van der Waals surface area contributed by atoms with Crippen molar-refractivity contribution in [3.63, 3.8) is 0 Å². The summed E-state index contributed by atoms with van der Waals surface area (Å²) in [5.74, 6) is 1.42. The third-order valence-corrected chi connectivity index (χ3v) is 6.81. The van der Waals surface area contributed by atoms with E-state index in [9.17, 15) is 8.78 Å². The molecule has 2 fully saturated rings. The molecule has 0 aliphatic heterocycles. The Morgan fingerprint density at radius 3 is 1.89 bits per heavy atom. The molecule has 1 aromatic rings. The maximum atomic E-state index is 13.4. The third-order valence-electron chi connectivity index (χ3n) is 6.81. The molecule has 2 heteroatoms. The van der Waals surface area contributed by atoms with Gasteiger partial charge in [0.25, 0.3) is 0 Å². The third kappa shape index (κ3) is 5.18. The van der Waals surface area contributed by atoms with Crippen molar-refractivity contribution in [3.05, 3.63) is 66.3 Å². The average Bonchev–Trinajstić information content (AvgIpc) is 2.69. The second kappa shape index (κ2) is 8.99. The van der Waals surface area contributed by atoms with E-state index in [0.29, 0.717) is 11.5 Å². The first-order valence-electron chi connectivity index (χ1n) is 10.4. The number of halogens is 2. The van der Waals surface area contributed by atoms with Crippen LogP contribution in [0.25, 0.3) is 5.57 Å². The van der Waals surface area contributed by atoms with Gasteiger partial charge in [0.15, 0.2) is 11.7 Å². The Balaban J connectivity index is 1.55. The molecule has 0 atom stereocenters. The summed E-state index contributed by atoms with van der Waals surface area (Å²) in [6, 6.07) is 8.20. The Bertz CT molecular complexity index is 682. The minimum atomic E-state index is -1.06. The zero-order chi connectivity index (χ0) is 19.4. The molecule has 0 aromatic heterocycles. The van der Waals surface area contributed by atoms with E-state index in [0.717, 1.165) is 29.4 Å². The molecular formula is C25H32F2. The Labute approximate surface area is 163 Å². The lowest BCUT2D eigenvalue weighted by Gasteiger charge is -2.37. The van der Waals surface area contributed by atoms with Crippen molar-refractivity contribution in [2.24, 2.45) is 17.8 Å². The van der Waals surface area contributed by atoms with Gasteiger partial charge in [-0.3, -0.25) is 0 Å². The van der Waals surface area contributed by atoms with Crippen LogP contribution < -0.4 is 0 Å². The van der Waals surface area contributed by atoms with E-state index < -0.39 is 11.7 Å². The highest BCUT2D eigenvalue weighted by atomic mass is 19.2. The first-order chi connectivity index (χ1) is 12.9. The van der Waals surface area contributed by atoms with Gasteiger partial charge in [-0.25, -0.2) is 8.78 Å². The van der Waals surface area contributed by atoms with Crippen molar-refractivity contribution in [2.45, 2.75) is 64.2 Å². The lowest BCUT2D eigenvalue weighted by molar-refractivity contribution is 0.165. The molecule has 0 spiro atoms. The number of hydrogen-bond acceptors (Lipinski definition) is 0. The van der Waals surface area contributed by atoms with Gasteiger partial charge < -0.3 is 0 Å². The average molecular weight is 371 g/mol. The normalized spacial score (nSPS) is 29.4. The summed E-state index contributed by atoms with van der Waals surface area (Å²) in [6.45, 7) is 9.19. The molecule has 0 bridgehead atoms. The van der Waals surface area contributed by atoms with Gasteiger partial charge in [-0.05, 0) is 85.0 Å². The monoisotopic (exact) mass is 370 g/mol. The van der Waals surface area contributed by atoms with Crippen molar-refractivity contribution in [3.8, 4) is 0 Å². The minimum Gasteiger partial charge on any atom is -0.204 e. The van der Waals surface area contributed by atoms with E-state index >= 15 is 0 Å². The van der Waals surface area contributed by atoms with E-state index in [-0.39, 0.29) is 0 Å². The fourth-order valence-corrected chi connectivity index (χ4v) is 4.97. The van der Waals surface area contributed by atoms with Crippen LogP contribution in [0.15, 0.2) is 55.2 Å². The van der Waals surface area contributed by atoms with Gasteiger partial charge >= 0.3 is 0 Å². The lowest BCUT2D eigenvalue weighted by atomic mass is 9.68. The molecule has 2 saturated carbocycles. The predicted octanol–water partition coefficient (Wildman–Crippen LogP) is 8.14. The molecule has 2 aliphatic rings. The van der Waals surface area contributed by atoms with Gasteiger partial charge in [0, 0.05) is 0 Å². The zero-order valence-electron chi connectivity index (χ0n) is 16.5. The first-order valence-corrected chi connectivity index (χ1v) is 10.4. The molecule has 27 heavy (non-hydrogen) atoms. The number of benzene rings is 1. The maximum Gasteiger partial charge on any atom is 0.158 e. The van der Waals surface area contributed by atoms with Crippen LogP contribution in [0.3, 0.4) is 0 Å². The fourth-order valence-electron chi connectivity index (χ4n) is 4.97. The fraction of sp³-hybridized carbons (Fsp3) is 0.520. The largest absolute Gasteiger partial charge is 0.204 e. The number of hydrogen-bond donors (Lipinski definition) is 0. The molecular weight excluding hydrogens is 338 g/mol.